The topological polar surface area (TPSA) is 61.0 Å². The van der Waals surface area contributed by atoms with Gasteiger partial charge in [0.25, 0.3) is 0 Å². The van der Waals surface area contributed by atoms with Gasteiger partial charge < -0.3 is 10.5 Å². The van der Waals surface area contributed by atoms with Crippen molar-refractivity contribution >= 4 is 5.82 Å². The number of hydrogen-bond donors (Lipinski definition) is 1. The minimum Gasteiger partial charge on any atom is -0.384 e. The van der Waals surface area contributed by atoms with Crippen molar-refractivity contribution in [2.75, 3.05) is 12.8 Å². The van der Waals surface area contributed by atoms with Gasteiger partial charge in [-0.05, 0) is 37.0 Å². The Hall–Kier alpha value is -1.16. The van der Waals surface area contributed by atoms with Crippen LogP contribution in [0.3, 0.4) is 0 Å². The van der Waals surface area contributed by atoms with Crippen LogP contribution >= 0.6 is 0 Å². The van der Waals surface area contributed by atoms with Crippen LogP contribution in [0.2, 0.25) is 0 Å². The highest BCUT2D eigenvalue weighted by Gasteiger charge is 2.42. The van der Waals surface area contributed by atoms with Crippen LogP contribution in [0.4, 0.5) is 5.82 Å². The third-order valence-electron chi connectivity index (χ3n) is 4.57. The maximum Gasteiger partial charge on any atom is 0.162 e. The molecule has 1 aromatic rings. The van der Waals surface area contributed by atoms with E-state index in [4.69, 9.17) is 15.5 Å². The summed E-state index contributed by atoms with van der Waals surface area (Å²) in [6, 6.07) is 1.87. The maximum absolute atomic E-state index is 5.96. The van der Waals surface area contributed by atoms with Gasteiger partial charge in [0.05, 0.1) is 0 Å². The summed E-state index contributed by atoms with van der Waals surface area (Å²) in [7, 11) is 1.76. The number of hydrogen-bond acceptors (Lipinski definition) is 4. The molecule has 0 spiro atoms. The quantitative estimate of drug-likeness (QED) is 0.916. The number of methoxy groups -OCH3 is 1. The van der Waals surface area contributed by atoms with Crippen LogP contribution in [0, 0.1) is 5.41 Å². The van der Waals surface area contributed by atoms with E-state index in [0.717, 1.165) is 37.2 Å². The molecular formula is C16H27N3O. The second-order valence-electron chi connectivity index (χ2n) is 7.06. The highest BCUT2D eigenvalue weighted by molar-refractivity contribution is 5.32. The Balaban J connectivity index is 2.37. The zero-order valence-corrected chi connectivity index (χ0v) is 13.4. The van der Waals surface area contributed by atoms with E-state index in [1.54, 1.807) is 7.11 Å². The third kappa shape index (κ3) is 2.95. The largest absolute Gasteiger partial charge is 0.384 e. The van der Waals surface area contributed by atoms with Crippen molar-refractivity contribution in [1.82, 2.24) is 9.97 Å². The summed E-state index contributed by atoms with van der Waals surface area (Å²) in [5.41, 5.74) is 6.97. The Bertz CT molecular complexity index is 473. The monoisotopic (exact) mass is 277 g/mol. The molecule has 0 atom stereocenters. The fraction of sp³-hybridized carbons (Fsp3) is 0.750. The molecule has 2 N–H and O–H groups in total. The lowest BCUT2D eigenvalue weighted by Crippen LogP contribution is -2.38. The molecule has 1 heterocycles. The minimum absolute atomic E-state index is 0.341. The van der Waals surface area contributed by atoms with Crippen molar-refractivity contribution in [3.8, 4) is 0 Å². The van der Waals surface area contributed by atoms with Gasteiger partial charge in [0.15, 0.2) is 5.82 Å². The highest BCUT2D eigenvalue weighted by atomic mass is 16.5. The first kappa shape index (κ1) is 15.2. The molecule has 0 bridgehead atoms. The van der Waals surface area contributed by atoms with Gasteiger partial charge >= 0.3 is 0 Å². The predicted octanol–water partition coefficient (Wildman–Crippen LogP) is 3.62. The van der Waals surface area contributed by atoms with E-state index < -0.39 is 0 Å². The van der Waals surface area contributed by atoms with Crippen molar-refractivity contribution in [3.05, 3.63) is 17.6 Å². The predicted molar refractivity (Wildman–Crippen MR) is 81.5 cm³/mol. The van der Waals surface area contributed by atoms with Crippen molar-refractivity contribution in [2.24, 2.45) is 5.41 Å². The molecule has 2 rings (SSSR count). The van der Waals surface area contributed by atoms with Crippen LogP contribution in [0.25, 0.3) is 0 Å². The zero-order chi connectivity index (χ0) is 15.0. The number of rotatable bonds is 3. The molecule has 0 aliphatic heterocycles. The molecule has 20 heavy (non-hydrogen) atoms. The second-order valence-corrected chi connectivity index (χ2v) is 7.06. The fourth-order valence-corrected chi connectivity index (χ4v) is 2.83. The average Bonchev–Trinajstić information content (AvgIpc) is 2.38. The molecule has 1 aromatic heterocycles. The van der Waals surface area contributed by atoms with Crippen LogP contribution in [0.1, 0.15) is 70.8 Å². The molecule has 1 aliphatic rings. The average molecular weight is 277 g/mol. The van der Waals surface area contributed by atoms with Crippen molar-refractivity contribution in [2.45, 2.75) is 64.9 Å². The molecule has 4 nitrogen and oxygen atoms in total. The smallest absolute Gasteiger partial charge is 0.162 e. The van der Waals surface area contributed by atoms with E-state index in [0.29, 0.717) is 17.2 Å². The first-order valence-corrected chi connectivity index (χ1v) is 7.48. The SMILES string of the molecule is COC1(c2nc(N)cc(C(C)C)n2)CCC(C)(C)CC1. The summed E-state index contributed by atoms with van der Waals surface area (Å²) in [6.45, 7) is 8.86. The molecule has 112 valence electrons. The third-order valence-corrected chi connectivity index (χ3v) is 4.57. The molecule has 0 unspecified atom stereocenters. The zero-order valence-electron chi connectivity index (χ0n) is 13.4. The van der Waals surface area contributed by atoms with Gasteiger partial charge in [-0.15, -0.1) is 0 Å². The molecule has 0 saturated heterocycles. The molecule has 0 aromatic carbocycles. The first-order chi connectivity index (χ1) is 9.28. The summed E-state index contributed by atoms with van der Waals surface area (Å²) < 4.78 is 5.87. The molecular weight excluding hydrogens is 250 g/mol. The summed E-state index contributed by atoms with van der Waals surface area (Å²) in [5.74, 6) is 1.65. The standard InChI is InChI=1S/C16H27N3O/c1-11(2)12-10-13(17)19-14(18-12)16(20-5)8-6-15(3,4)7-9-16/h10-11H,6-9H2,1-5H3,(H2,17,18,19). The van der Waals surface area contributed by atoms with Crippen molar-refractivity contribution < 1.29 is 4.74 Å². The summed E-state index contributed by atoms with van der Waals surface area (Å²) >= 11 is 0. The fourth-order valence-electron chi connectivity index (χ4n) is 2.83. The lowest BCUT2D eigenvalue weighted by atomic mass is 9.70. The van der Waals surface area contributed by atoms with Gasteiger partial charge in [0.2, 0.25) is 0 Å². The molecule has 1 fully saturated rings. The van der Waals surface area contributed by atoms with Crippen molar-refractivity contribution in [1.29, 1.82) is 0 Å². The Morgan fingerprint density at radius 3 is 2.25 bits per heavy atom. The number of anilines is 1. The van der Waals surface area contributed by atoms with E-state index in [1.807, 2.05) is 6.07 Å². The lowest BCUT2D eigenvalue weighted by Gasteiger charge is -2.41. The van der Waals surface area contributed by atoms with E-state index in [2.05, 4.69) is 32.7 Å². The van der Waals surface area contributed by atoms with Gasteiger partial charge in [-0.2, -0.15) is 0 Å². The second kappa shape index (κ2) is 5.32. The molecule has 0 radical (unpaired) electrons. The van der Waals surface area contributed by atoms with Gasteiger partial charge in [-0.25, -0.2) is 9.97 Å². The number of nitrogens with zero attached hydrogens (tertiary/aromatic N) is 2. The number of nitrogen functional groups attached to an aromatic ring is 1. The number of ether oxygens (including phenoxy) is 1. The Morgan fingerprint density at radius 2 is 1.75 bits per heavy atom. The van der Waals surface area contributed by atoms with Gasteiger partial charge in [-0.3, -0.25) is 0 Å². The minimum atomic E-state index is -0.367. The highest BCUT2D eigenvalue weighted by Crippen LogP contribution is 2.46. The number of aromatic nitrogens is 2. The summed E-state index contributed by atoms with van der Waals surface area (Å²) in [6.07, 6.45) is 4.15. The van der Waals surface area contributed by atoms with Crippen LogP contribution in [-0.4, -0.2) is 17.1 Å². The van der Waals surface area contributed by atoms with E-state index in [1.165, 1.54) is 0 Å². The van der Waals surface area contributed by atoms with E-state index in [-0.39, 0.29) is 5.60 Å². The Morgan fingerprint density at radius 1 is 1.15 bits per heavy atom. The molecule has 0 amide bonds. The maximum atomic E-state index is 5.96. The first-order valence-electron chi connectivity index (χ1n) is 7.48. The van der Waals surface area contributed by atoms with E-state index in [9.17, 15) is 0 Å². The molecule has 1 saturated carbocycles. The van der Waals surface area contributed by atoms with Gasteiger partial charge in [-0.1, -0.05) is 27.7 Å². The van der Waals surface area contributed by atoms with Crippen LogP contribution < -0.4 is 5.73 Å². The molecule has 4 heteroatoms. The van der Waals surface area contributed by atoms with Gasteiger partial charge in [0.1, 0.15) is 11.4 Å². The van der Waals surface area contributed by atoms with Crippen LogP contribution in [0.5, 0.6) is 0 Å². The van der Waals surface area contributed by atoms with Crippen LogP contribution in [-0.2, 0) is 10.3 Å². The summed E-state index contributed by atoms with van der Waals surface area (Å²) in [4.78, 5) is 9.20. The Labute approximate surface area is 122 Å². The molecule has 1 aliphatic carbocycles. The number of nitrogens with two attached hydrogens (primary N) is 1. The van der Waals surface area contributed by atoms with Gasteiger partial charge in [0, 0.05) is 18.9 Å². The lowest BCUT2D eigenvalue weighted by molar-refractivity contribution is -0.0729. The van der Waals surface area contributed by atoms with Crippen LogP contribution in [0.15, 0.2) is 6.07 Å². The van der Waals surface area contributed by atoms with Crippen molar-refractivity contribution in [3.63, 3.8) is 0 Å². The summed E-state index contributed by atoms with van der Waals surface area (Å²) in [5, 5.41) is 0. The Kier molecular flexibility index (Phi) is 4.05. The van der Waals surface area contributed by atoms with E-state index >= 15 is 0 Å². The normalized spacial score (nSPS) is 21.1.